The summed E-state index contributed by atoms with van der Waals surface area (Å²) in [6, 6.07) is 12.1. The zero-order chi connectivity index (χ0) is 14.1. The Bertz CT molecular complexity index is 667. The fourth-order valence-corrected chi connectivity index (χ4v) is 2.08. The molecule has 0 saturated heterocycles. The molecule has 0 radical (unpaired) electrons. The molecule has 0 amide bonds. The van der Waals surface area contributed by atoms with Crippen LogP contribution in [-0.2, 0) is 0 Å². The quantitative estimate of drug-likeness (QED) is 0.681. The molecule has 0 bridgehead atoms. The first-order chi connectivity index (χ1) is 9.65. The van der Waals surface area contributed by atoms with Crippen LogP contribution < -0.4 is 0 Å². The van der Waals surface area contributed by atoms with Crippen LogP contribution >= 0.6 is 0 Å². The van der Waals surface area contributed by atoms with Crippen LogP contribution in [-0.4, -0.2) is 5.16 Å². The minimum Gasteiger partial charge on any atom is -0.355 e. The molecule has 1 heterocycles. The Morgan fingerprint density at radius 1 is 0.800 bits per heavy atom. The fourth-order valence-electron chi connectivity index (χ4n) is 2.08. The van der Waals surface area contributed by atoms with Gasteiger partial charge >= 0.3 is 0 Å². The van der Waals surface area contributed by atoms with Gasteiger partial charge < -0.3 is 4.52 Å². The molecule has 0 aliphatic rings. The van der Waals surface area contributed by atoms with Crippen LogP contribution in [0.15, 0.2) is 53.1 Å². The highest BCUT2D eigenvalue weighted by molar-refractivity contribution is 5.72. The van der Waals surface area contributed by atoms with E-state index in [4.69, 9.17) is 4.52 Å². The van der Waals surface area contributed by atoms with E-state index in [0.29, 0.717) is 11.5 Å². The van der Waals surface area contributed by atoms with Gasteiger partial charge in [0.1, 0.15) is 17.3 Å². The first-order valence-electron chi connectivity index (χ1n) is 6.13. The van der Waals surface area contributed by atoms with Gasteiger partial charge in [0.05, 0.1) is 0 Å². The maximum Gasteiger partial charge on any atom is 0.170 e. The smallest absolute Gasteiger partial charge is 0.170 e. The Kier molecular flexibility index (Phi) is 3.06. The molecule has 0 aliphatic carbocycles. The second-order valence-corrected chi connectivity index (χ2v) is 4.50. The fraction of sp³-hybridized carbons (Fsp3) is 0.0625. The Balaban J connectivity index is 2.04. The lowest BCUT2D eigenvalue weighted by atomic mass is 10.0. The first-order valence-corrected chi connectivity index (χ1v) is 6.13. The summed E-state index contributed by atoms with van der Waals surface area (Å²) in [5.41, 5.74) is 3.03. The predicted octanol–water partition coefficient (Wildman–Crippen LogP) is 4.60. The van der Waals surface area contributed by atoms with Gasteiger partial charge in [0, 0.05) is 16.7 Å². The van der Waals surface area contributed by atoms with E-state index in [-0.39, 0.29) is 11.6 Å². The molecule has 0 spiro atoms. The van der Waals surface area contributed by atoms with Gasteiger partial charge in [-0.25, -0.2) is 8.78 Å². The van der Waals surface area contributed by atoms with E-state index in [2.05, 4.69) is 5.16 Å². The van der Waals surface area contributed by atoms with Crippen molar-refractivity contribution in [3.05, 3.63) is 65.7 Å². The van der Waals surface area contributed by atoms with Crippen LogP contribution in [0.2, 0.25) is 0 Å². The summed E-state index contributed by atoms with van der Waals surface area (Å²) in [7, 11) is 0. The van der Waals surface area contributed by atoms with Crippen LogP contribution in [0.5, 0.6) is 0 Å². The van der Waals surface area contributed by atoms with Crippen molar-refractivity contribution in [3.63, 3.8) is 0 Å². The highest BCUT2D eigenvalue weighted by Gasteiger charge is 2.15. The molecule has 0 saturated carbocycles. The maximum absolute atomic E-state index is 12.9. The lowest BCUT2D eigenvalue weighted by Crippen LogP contribution is -1.83. The Labute approximate surface area is 114 Å². The van der Waals surface area contributed by atoms with Gasteiger partial charge in [-0.2, -0.15) is 0 Å². The summed E-state index contributed by atoms with van der Waals surface area (Å²) in [6.45, 7) is 1.87. The van der Waals surface area contributed by atoms with E-state index in [1.165, 1.54) is 24.3 Å². The Morgan fingerprint density at radius 2 is 1.30 bits per heavy atom. The van der Waals surface area contributed by atoms with Gasteiger partial charge in [0.2, 0.25) is 0 Å². The number of aromatic nitrogens is 1. The van der Waals surface area contributed by atoms with Crippen molar-refractivity contribution in [1.82, 2.24) is 5.16 Å². The third-order valence-corrected chi connectivity index (χ3v) is 3.15. The summed E-state index contributed by atoms with van der Waals surface area (Å²) < 4.78 is 31.2. The molecule has 1 aromatic heterocycles. The number of nitrogens with zero attached hydrogens (tertiary/aromatic N) is 1. The largest absolute Gasteiger partial charge is 0.355 e. The summed E-state index contributed by atoms with van der Waals surface area (Å²) in [6.07, 6.45) is 0. The van der Waals surface area contributed by atoms with Gasteiger partial charge in [-0.05, 0) is 55.5 Å². The molecule has 2 nitrogen and oxygen atoms in total. The summed E-state index contributed by atoms with van der Waals surface area (Å²) in [4.78, 5) is 0. The average molecular weight is 271 g/mol. The lowest BCUT2D eigenvalue weighted by molar-refractivity contribution is 0.434. The predicted molar refractivity (Wildman–Crippen MR) is 72.0 cm³/mol. The summed E-state index contributed by atoms with van der Waals surface area (Å²) in [5, 5.41) is 4.02. The molecule has 0 atom stereocenters. The first kappa shape index (κ1) is 12.5. The SMILES string of the molecule is Cc1c(-c2ccc(F)cc2)noc1-c1ccc(F)cc1. The summed E-state index contributed by atoms with van der Waals surface area (Å²) in [5.74, 6) is -0.0114. The van der Waals surface area contributed by atoms with E-state index < -0.39 is 0 Å². The van der Waals surface area contributed by atoms with Crippen LogP contribution in [0, 0.1) is 18.6 Å². The van der Waals surface area contributed by atoms with Crippen LogP contribution in [0.1, 0.15) is 5.56 Å². The zero-order valence-corrected chi connectivity index (χ0v) is 10.7. The van der Waals surface area contributed by atoms with Crippen LogP contribution in [0.3, 0.4) is 0 Å². The molecule has 0 N–H and O–H groups in total. The molecule has 0 aliphatic heterocycles. The highest BCUT2D eigenvalue weighted by atomic mass is 19.1. The number of rotatable bonds is 2. The molecule has 20 heavy (non-hydrogen) atoms. The van der Waals surface area contributed by atoms with Crippen molar-refractivity contribution in [3.8, 4) is 22.6 Å². The summed E-state index contributed by atoms with van der Waals surface area (Å²) >= 11 is 0. The highest BCUT2D eigenvalue weighted by Crippen LogP contribution is 2.31. The molecule has 4 heteroatoms. The third-order valence-electron chi connectivity index (χ3n) is 3.15. The van der Waals surface area contributed by atoms with E-state index in [9.17, 15) is 8.78 Å². The topological polar surface area (TPSA) is 26.0 Å². The van der Waals surface area contributed by atoms with Gasteiger partial charge in [0.15, 0.2) is 5.76 Å². The Hall–Kier alpha value is -2.49. The molecule has 3 aromatic rings. The van der Waals surface area contributed by atoms with Crippen molar-refractivity contribution >= 4 is 0 Å². The average Bonchev–Trinajstić information content (AvgIpc) is 2.83. The van der Waals surface area contributed by atoms with Gasteiger partial charge in [-0.15, -0.1) is 0 Å². The number of hydrogen-bond donors (Lipinski definition) is 0. The van der Waals surface area contributed by atoms with E-state index in [1.807, 2.05) is 6.92 Å². The second-order valence-electron chi connectivity index (χ2n) is 4.50. The van der Waals surface area contributed by atoms with Crippen molar-refractivity contribution in [2.24, 2.45) is 0 Å². The molecular weight excluding hydrogens is 260 g/mol. The molecule has 0 unspecified atom stereocenters. The number of hydrogen-bond acceptors (Lipinski definition) is 2. The van der Waals surface area contributed by atoms with E-state index >= 15 is 0 Å². The van der Waals surface area contributed by atoms with E-state index in [1.54, 1.807) is 24.3 Å². The van der Waals surface area contributed by atoms with Gasteiger partial charge in [-0.3, -0.25) is 0 Å². The van der Waals surface area contributed by atoms with E-state index in [0.717, 1.165) is 16.7 Å². The van der Waals surface area contributed by atoms with Crippen molar-refractivity contribution < 1.29 is 13.3 Å². The van der Waals surface area contributed by atoms with Gasteiger partial charge in [-0.1, -0.05) is 5.16 Å². The third kappa shape index (κ3) is 2.20. The maximum atomic E-state index is 12.9. The molecule has 2 aromatic carbocycles. The molecule has 100 valence electrons. The zero-order valence-electron chi connectivity index (χ0n) is 10.7. The Morgan fingerprint density at radius 3 is 1.85 bits per heavy atom. The lowest BCUT2D eigenvalue weighted by Gasteiger charge is -1.99. The number of halogens is 2. The number of benzene rings is 2. The molecular formula is C16H11F2NO. The molecule has 3 rings (SSSR count). The van der Waals surface area contributed by atoms with Crippen molar-refractivity contribution in [1.29, 1.82) is 0 Å². The minimum absolute atomic E-state index is 0.298. The second kappa shape index (κ2) is 4.89. The van der Waals surface area contributed by atoms with Crippen LogP contribution in [0.4, 0.5) is 8.78 Å². The van der Waals surface area contributed by atoms with Gasteiger partial charge in [0.25, 0.3) is 0 Å². The molecule has 0 fully saturated rings. The minimum atomic E-state index is -0.301. The van der Waals surface area contributed by atoms with Crippen molar-refractivity contribution in [2.45, 2.75) is 6.92 Å². The standard InChI is InChI=1S/C16H11F2NO/c1-10-15(11-2-6-13(17)7-3-11)19-20-16(10)12-4-8-14(18)9-5-12/h2-9H,1H3. The normalized spacial score (nSPS) is 10.8. The van der Waals surface area contributed by atoms with Crippen LogP contribution in [0.25, 0.3) is 22.6 Å². The monoisotopic (exact) mass is 271 g/mol. The van der Waals surface area contributed by atoms with Crippen molar-refractivity contribution in [2.75, 3.05) is 0 Å².